The number of fused-ring (bicyclic) bond motifs is 1. The molecule has 0 aliphatic carbocycles. The molecule has 0 unspecified atom stereocenters. The zero-order chi connectivity index (χ0) is 18.7. The number of nitrogens with zero attached hydrogens (tertiary/aromatic N) is 1. The molecule has 1 amide bonds. The van der Waals surface area contributed by atoms with Gasteiger partial charge in [0.15, 0.2) is 11.5 Å². The lowest BCUT2D eigenvalue weighted by Crippen LogP contribution is -2.23. The summed E-state index contributed by atoms with van der Waals surface area (Å²) in [7, 11) is 4.67. The number of H-pyrrole nitrogens is 1. The SMILES string of the molecule is COc1cc(OC)c2cc(C(=O)NCc3cccc(C)n3)[nH]c2c1OC. The Morgan fingerprint density at radius 1 is 1.12 bits per heavy atom. The van der Waals surface area contributed by atoms with Crippen LogP contribution < -0.4 is 19.5 Å². The molecule has 2 aromatic heterocycles. The van der Waals surface area contributed by atoms with E-state index >= 15 is 0 Å². The standard InChI is InChI=1S/C19H21N3O4/c1-11-6-5-7-12(21-11)10-20-19(23)14-8-13-15(24-2)9-16(25-3)18(26-4)17(13)22-14/h5-9,22H,10H2,1-4H3,(H,20,23). The summed E-state index contributed by atoms with van der Waals surface area (Å²) in [6.45, 7) is 2.25. The molecule has 0 saturated carbocycles. The highest BCUT2D eigenvalue weighted by atomic mass is 16.5. The number of aryl methyl sites for hydroxylation is 1. The number of carbonyl (C=O) groups is 1. The van der Waals surface area contributed by atoms with E-state index in [1.807, 2.05) is 25.1 Å². The van der Waals surface area contributed by atoms with Crippen LogP contribution in [0, 0.1) is 6.92 Å². The molecule has 26 heavy (non-hydrogen) atoms. The van der Waals surface area contributed by atoms with Gasteiger partial charge in [-0.1, -0.05) is 6.07 Å². The van der Waals surface area contributed by atoms with Crippen molar-refractivity contribution in [3.63, 3.8) is 0 Å². The minimum Gasteiger partial charge on any atom is -0.496 e. The van der Waals surface area contributed by atoms with E-state index in [4.69, 9.17) is 14.2 Å². The van der Waals surface area contributed by atoms with Crippen LogP contribution in [-0.2, 0) is 6.54 Å². The Morgan fingerprint density at radius 3 is 2.54 bits per heavy atom. The second kappa shape index (κ2) is 7.35. The Balaban J connectivity index is 1.91. The fourth-order valence-corrected chi connectivity index (χ4v) is 2.82. The third kappa shape index (κ3) is 3.28. The van der Waals surface area contributed by atoms with E-state index in [2.05, 4.69) is 15.3 Å². The van der Waals surface area contributed by atoms with Crippen molar-refractivity contribution in [1.29, 1.82) is 0 Å². The maximum absolute atomic E-state index is 12.5. The van der Waals surface area contributed by atoms with Gasteiger partial charge in [-0.25, -0.2) is 0 Å². The minimum atomic E-state index is -0.243. The van der Waals surface area contributed by atoms with E-state index in [1.54, 1.807) is 33.5 Å². The number of benzene rings is 1. The first-order valence-corrected chi connectivity index (χ1v) is 8.09. The highest BCUT2D eigenvalue weighted by Crippen LogP contribution is 2.41. The Morgan fingerprint density at radius 2 is 1.88 bits per heavy atom. The molecule has 3 rings (SSSR count). The van der Waals surface area contributed by atoms with Gasteiger partial charge < -0.3 is 24.5 Å². The van der Waals surface area contributed by atoms with Crippen LogP contribution in [0.25, 0.3) is 10.9 Å². The maximum atomic E-state index is 12.5. The third-order valence-corrected chi connectivity index (χ3v) is 4.06. The van der Waals surface area contributed by atoms with Gasteiger partial charge in [-0.2, -0.15) is 0 Å². The van der Waals surface area contributed by atoms with Gasteiger partial charge in [0.05, 0.1) is 39.1 Å². The molecular formula is C19H21N3O4. The summed E-state index contributed by atoms with van der Waals surface area (Å²) in [5.74, 6) is 1.39. The number of rotatable bonds is 6. The molecule has 0 saturated heterocycles. The monoisotopic (exact) mass is 355 g/mol. The Kier molecular flexibility index (Phi) is 4.97. The lowest BCUT2D eigenvalue weighted by molar-refractivity contribution is 0.0946. The molecular weight excluding hydrogens is 334 g/mol. The lowest BCUT2D eigenvalue weighted by Gasteiger charge is -2.11. The van der Waals surface area contributed by atoms with E-state index in [0.717, 1.165) is 16.8 Å². The highest BCUT2D eigenvalue weighted by Gasteiger charge is 2.19. The van der Waals surface area contributed by atoms with Gasteiger partial charge >= 0.3 is 0 Å². The van der Waals surface area contributed by atoms with Crippen LogP contribution in [-0.4, -0.2) is 37.2 Å². The molecule has 0 aliphatic heterocycles. The van der Waals surface area contributed by atoms with Crippen molar-refractivity contribution >= 4 is 16.8 Å². The topological polar surface area (TPSA) is 85.5 Å². The molecule has 136 valence electrons. The van der Waals surface area contributed by atoms with E-state index in [0.29, 0.717) is 35.0 Å². The van der Waals surface area contributed by atoms with Gasteiger partial charge in [-0.3, -0.25) is 9.78 Å². The molecule has 3 aromatic rings. The van der Waals surface area contributed by atoms with Crippen LogP contribution in [0.5, 0.6) is 17.2 Å². The third-order valence-electron chi connectivity index (χ3n) is 4.06. The first-order valence-electron chi connectivity index (χ1n) is 8.09. The van der Waals surface area contributed by atoms with E-state index in [-0.39, 0.29) is 5.91 Å². The van der Waals surface area contributed by atoms with Gasteiger partial charge in [0.25, 0.3) is 5.91 Å². The zero-order valence-electron chi connectivity index (χ0n) is 15.2. The van der Waals surface area contributed by atoms with Crippen molar-refractivity contribution < 1.29 is 19.0 Å². The van der Waals surface area contributed by atoms with Crippen molar-refractivity contribution in [1.82, 2.24) is 15.3 Å². The smallest absolute Gasteiger partial charge is 0.268 e. The van der Waals surface area contributed by atoms with Crippen molar-refractivity contribution in [2.75, 3.05) is 21.3 Å². The molecule has 0 fully saturated rings. The van der Waals surface area contributed by atoms with Crippen LogP contribution in [0.15, 0.2) is 30.3 Å². The molecule has 2 heterocycles. The fraction of sp³-hybridized carbons (Fsp3) is 0.263. The summed E-state index contributed by atoms with van der Waals surface area (Å²) >= 11 is 0. The van der Waals surface area contributed by atoms with Crippen LogP contribution in [0.2, 0.25) is 0 Å². The number of hydrogen-bond donors (Lipinski definition) is 2. The van der Waals surface area contributed by atoms with Gasteiger partial charge in [-0.15, -0.1) is 0 Å². The quantitative estimate of drug-likeness (QED) is 0.710. The van der Waals surface area contributed by atoms with Crippen LogP contribution in [0.1, 0.15) is 21.9 Å². The van der Waals surface area contributed by atoms with Crippen molar-refractivity contribution in [2.45, 2.75) is 13.5 Å². The van der Waals surface area contributed by atoms with Gasteiger partial charge in [0.1, 0.15) is 11.4 Å². The maximum Gasteiger partial charge on any atom is 0.268 e. The Bertz CT molecular complexity index is 949. The molecule has 2 N–H and O–H groups in total. The molecule has 0 aliphatic rings. The van der Waals surface area contributed by atoms with E-state index < -0.39 is 0 Å². The molecule has 7 heteroatoms. The number of hydrogen-bond acceptors (Lipinski definition) is 5. The number of amides is 1. The van der Waals surface area contributed by atoms with E-state index in [9.17, 15) is 4.79 Å². The molecule has 1 aromatic carbocycles. The number of methoxy groups -OCH3 is 3. The minimum absolute atomic E-state index is 0.243. The summed E-state index contributed by atoms with van der Waals surface area (Å²) in [4.78, 5) is 20.0. The number of aromatic nitrogens is 2. The van der Waals surface area contributed by atoms with Crippen molar-refractivity contribution in [3.8, 4) is 17.2 Å². The average Bonchev–Trinajstić information content (AvgIpc) is 3.10. The second-order valence-electron chi connectivity index (χ2n) is 5.74. The zero-order valence-corrected chi connectivity index (χ0v) is 15.2. The van der Waals surface area contributed by atoms with E-state index in [1.165, 1.54) is 0 Å². The van der Waals surface area contributed by atoms with Crippen molar-refractivity contribution in [3.05, 3.63) is 47.4 Å². The largest absolute Gasteiger partial charge is 0.496 e. The van der Waals surface area contributed by atoms with Gasteiger partial charge in [-0.05, 0) is 25.1 Å². The molecule has 7 nitrogen and oxygen atoms in total. The summed E-state index contributed by atoms with van der Waals surface area (Å²) in [6, 6.07) is 9.15. The van der Waals surface area contributed by atoms with Gasteiger partial charge in [0.2, 0.25) is 0 Å². The summed E-state index contributed by atoms with van der Waals surface area (Å²) < 4.78 is 16.2. The number of ether oxygens (including phenoxy) is 3. The molecule has 0 spiro atoms. The first-order chi connectivity index (χ1) is 12.6. The number of aromatic amines is 1. The fourth-order valence-electron chi connectivity index (χ4n) is 2.82. The summed E-state index contributed by atoms with van der Waals surface area (Å²) in [5, 5.41) is 3.60. The summed E-state index contributed by atoms with van der Waals surface area (Å²) in [6.07, 6.45) is 0. The molecule has 0 radical (unpaired) electrons. The lowest BCUT2D eigenvalue weighted by atomic mass is 10.2. The predicted octanol–water partition coefficient (Wildman–Crippen LogP) is 2.83. The molecule has 0 atom stereocenters. The van der Waals surface area contributed by atoms with Crippen molar-refractivity contribution in [2.24, 2.45) is 0 Å². The number of carbonyl (C=O) groups excluding carboxylic acids is 1. The molecule has 0 bridgehead atoms. The predicted molar refractivity (Wildman–Crippen MR) is 98.1 cm³/mol. The normalized spacial score (nSPS) is 10.6. The first kappa shape index (κ1) is 17.6. The number of pyridine rings is 1. The average molecular weight is 355 g/mol. The summed E-state index contributed by atoms with van der Waals surface area (Å²) in [5.41, 5.74) is 2.75. The highest BCUT2D eigenvalue weighted by molar-refractivity contribution is 6.02. The Hall–Kier alpha value is -3.22. The van der Waals surface area contributed by atoms with Crippen LogP contribution in [0.3, 0.4) is 0 Å². The van der Waals surface area contributed by atoms with Crippen LogP contribution >= 0.6 is 0 Å². The Labute approximate surface area is 151 Å². The van der Waals surface area contributed by atoms with Gasteiger partial charge in [0, 0.05) is 17.1 Å². The van der Waals surface area contributed by atoms with Crippen LogP contribution in [0.4, 0.5) is 0 Å². The number of nitrogens with one attached hydrogen (secondary N) is 2. The second-order valence-corrected chi connectivity index (χ2v) is 5.74.